The normalized spacial score (nSPS) is 10.9. The van der Waals surface area contributed by atoms with E-state index >= 15 is 0 Å². The molecule has 6 heteroatoms. The number of anilines is 1. The average molecular weight is 416 g/mol. The zero-order chi connectivity index (χ0) is 20.1. The molecule has 0 radical (unpaired) electrons. The highest BCUT2D eigenvalue weighted by Crippen LogP contribution is 2.30. The van der Waals surface area contributed by atoms with E-state index in [9.17, 15) is 4.79 Å². The summed E-state index contributed by atoms with van der Waals surface area (Å²) in [6, 6.07) is 19.2. The van der Waals surface area contributed by atoms with E-state index in [0.717, 1.165) is 12.2 Å². The molecule has 0 aliphatic carbocycles. The Morgan fingerprint density at radius 1 is 1.00 bits per heavy atom. The largest absolute Gasteiger partial charge is 0.345 e. The Morgan fingerprint density at radius 3 is 2.32 bits per heavy atom. The molecule has 0 bridgehead atoms. The number of rotatable bonds is 6. The van der Waals surface area contributed by atoms with Crippen LogP contribution in [-0.4, -0.2) is 21.5 Å². The highest BCUT2D eigenvalue weighted by Gasteiger charge is 2.20. The van der Waals surface area contributed by atoms with Gasteiger partial charge in [0.15, 0.2) is 0 Å². The van der Waals surface area contributed by atoms with Gasteiger partial charge in [0.1, 0.15) is 0 Å². The Morgan fingerprint density at radius 2 is 1.68 bits per heavy atom. The van der Waals surface area contributed by atoms with Gasteiger partial charge in [0.2, 0.25) is 0 Å². The van der Waals surface area contributed by atoms with Crippen molar-refractivity contribution in [3.63, 3.8) is 0 Å². The Kier molecular flexibility index (Phi) is 6.65. The van der Waals surface area contributed by atoms with E-state index < -0.39 is 0 Å². The smallest absolute Gasteiger partial charge is 0.322 e. The number of nitrogens with one attached hydrogen (secondary N) is 1. The van der Waals surface area contributed by atoms with Gasteiger partial charge in [-0.1, -0.05) is 59.6 Å². The Bertz CT molecular complexity index is 918. The summed E-state index contributed by atoms with van der Waals surface area (Å²) < 4.78 is 2.15. The Balaban J connectivity index is 1.77. The van der Waals surface area contributed by atoms with Crippen LogP contribution < -0.4 is 5.32 Å². The SMILES string of the molecule is CC(C)N(Cc1cccn1Cc1ccccc1)C(=O)Nc1c(Cl)cccc1Cl. The molecule has 0 unspecified atom stereocenters. The third-order valence-corrected chi connectivity index (χ3v) is 5.16. The zero-order valence-electron chi connectivity index (χ0n) is 15.9. The van der Waals surface area contributed by atoms with Crippen molar-refractivity contribution < 1.29 is 4.79 Å². The molecule has 0 aliphatic rings. The molecule has 1 N–H and O–H groups in total. The molecular weight excluding hydrogens is 393 g/mol. The molecule has 0 saturated heterocycles. The van der Waals surface area contributed by atoms with Gasteiger partial charge in [0.25, 0.3) is 0 Å². The maximum atomic E-state index is 12.9. The summed E-state index contributed by atoms with van der Waals surface area (Å²) in [5.74, 6) is 0. The van der Waals surface area contributed by atoms with Crippen LogP contribution >= 0.6 is 23.2 Å². The van der Waals surface area contributed by atoms with Crippen LogP contribution in [0.2, 0.25) is 10.0 Å². The molecule has 0 saturated carbocycles. The van der Waals surface area contributed by atoms with Crippen LogP contribution in [0.4, 0.5) is 10.5 Å². The van der Waals surface area contributed by atoms with E-state index in [0.29, 0.717) is 22.3 Å². The molecule has 4 nitrogen and oxygen atoms in total. The summed E-state index contributed by atoms with van der Waals surface area (Å²) in [6.07, 6.45) is 2.03. The van der Waals surface area contributed by atoms with Gasteiger partial charge in [-0.2, -0.15) is 0 Å². The summed E-state index contributed by atoms with van der Waals surface area (Å²) in [5, 5.41) is 3.68. The van der Waals surface area contributed by atoms with E-state index in [1.807, 2.05) is 50.4 Å². The molecule has 2 amide bonds. The lowest BCUT2D eigenvalue weighted by Gasteiger charge is -2.28. The minimum atomic E-state index is -0.238. The lowest BCUT2D eigenvalue weighted by Crippen LogP contribution is -2.40. The first-order chi connectivity index (χ1) is 13.5. The van der Waals surface area contributed by atoms with E-state index in [1.165, 1.54) is 5.56 Å². The third-order valence-electron chi connectivity index (χ3n) is 4.53. The van der Waals surface area contributed by atoms with Crippen molar-refractivity contribution in [2.75, 3.05) is 5.32 Å². The summed E-state index contributed by atoms with van der Waals surface area (Å²) in [7, 11) is 0. The number of aromatic nitrogens is 1. The number of carbonyl (C=O) groups is 1. The van der Waals surface area contributed by atoms with Crippen molar-refractivity contribution in [2.45, 2.75) is 33.0 Å². The standard InChI is InChI=1S/C22H23Cl2N3O/c1-16(2)27(22(28)25-21-19(23)11-6-12-20(21)24)15-18-10-7-13-26(18)14-17-8-4-3-5-9-17/h3-13,16H,14-15H2,1-2H3,(H,25,28). The van der Waals surface area contributed by atoms with Crippen LogP contribution in [0.15, 0.2) is 66.9 Å². The number of para-hydroxylation sites is 1. The number of hydrogen-bond acceptors (Lipinski definition) is 1. The van der Waals surface area contributed by atoms with Gasteiger partial charge in [0.05, 0.1) is 22.3 Å². The van der Waals surface area contributed by atoms with Gasteiger partial charge in [-0.05, 0) is 43.7 Å². The quantitative estimate of drug-likeness (QED) is 0.504. The van der Waals surface area contributed by atoms with Crippen molar-refractivity contribution in [2.24, 2.45) is 0 Å². The van der Waals surface area contributed by atoms with E-state index in [2.05, 4.69) is 22.0 Å². The van der Waals surface area contributed by atoms with Gasteiger partial charge in [-0.3, -0.25) is 0 Å². The first-order valence-electron chi connectivity index (χ1n) is 9.15. The molecule has 0 fully saturated rings. The molecular formula is C22H23Cl2N3O. The lowest BCUT2D eigenvalue weighted by atomic mass is 10.2. The van der Waals surface area contributed by atoms with E-state index in [1.54, 1.807) is 23.1 Å². The summed E-state index contributed by atoms with van der Waals surface area (Å²) in [4.78, 5) is 14.7. The second kappa shape index (κ2) is 9.18. The Labute approximate surface area is 175 Å². The second-order valence-electron chi connectivity index (χ2n) is 6.86. The third kappa shape index (κ3) is 4.89. The molecule has 28 heavy (non-hydrogen) atoms. The van der Waals surface area contributed by atoms with E-state index in [-0.39, 0.29) is 12.1 Å². The maximum absolute atomic E-state index is 12.9. The number of nitrogens with zero attached hydrogens (tertiary/aromatic N) is 2. The number of amides is 2. The topological polar surface area (TPSA) is 37.3 Å². The predicted octanol–water partition coefficient (Wildman–Crippen LogP) is 6.29. The molecule has 1 aromatic heterocycles. The van der Waals surface area contributed by atoms with E-state index in [4.69, 9.17) is 23.2 Å². The first kappa shape index (κ1) is 20.3. The van der Waals surface area contributed by atoms with Gasteiger partial charge in [-0.25, -0.2) is 4.79 Å². The zero-order valence-corrected chi connectivity index (χ0v) is 17.4. The molecule has 1 heterocycles. The second-order valence-corrected chi connectivity index (χ2v) is 7.68. The van der Waals surface area contributed by atoms with Gasteiger partial charge < -0.3 is 14.8 Å². The molecule has 146 valence electrons. The Hall–Kier alpha value is -2.43. The van der Waals surface area contributed by atoms with Crippen LogP contribution in [0.3, 0.4) is 0 Å². The first-order valence-corrected chi connectivity index (χ1v) is 9.91. The fourth-order valence-electron chi connectivity index (χ4n) is 2.99. The van der Waals surface area contributed by atoms with Gasteiger partial charge in [-0.15, -0.1) is 0 Å². The van der Waals surface area contributed by atoms with Crippen molar-refractivity contribution in [3.8, 4) is 0 Å². The van der Waals surface area contributed by atoms with Crippen LogP contribution in [-0.2, 0) is 13.1 Å². The van der Waals surface area contributed by atoms with Crippen molar-refractivity contribution in [1.29, 1.82) is 0 Å². The number of benzene rings is 2. The monoisotopic (exact) mass is 415 g/mol. The minimum Gasteiger partial charge on any atom is -0.345 e. The van der Waals surface area contributed by atoms with Crippen LogP contribution in [0, 0.1) is 0 Å². The fraction of sp³-hybridized carbons (Fsp3) is 0.227. The van der Waals surface area contributed by atoms with Crippen LogP contribution in [0.25, 0.3) is 0 Å². The molecule has 3 rings (SSSR count). The fourth-order valence-corrected chi connectivity index (χ4v) is 3.48. The van der Waals surface area contributed by atoms with Crippen molar-refractivity contribution in [3.05, 3.63) is 88.2 Å². The number of urea groups is 1. The van der Waals surface area contributed by atoms with Crippen LogP contribution in [0.5, 0.6) is 0 Å². The van der Waals surface area contributed by atoms with Gasteiger partial charge >= 0.3 is 6.03 Å². The van der Waals surface area contributed by atoms with Crippen molar-refractivity contribution in [1.82, 2.24) is 9.47 Å². The minimum absolute atomic E-state index is 0.00124. The van der Waals surface area contributed by atoms with Crippen molar-refractivity contribution >= 4 is 34.9 Å². The molecule has 0 atom stereocenters. The molecule has 0 spiro atoms. The maximum Gasteiger partial charge on any atom is 0.322 e. The summed E-state index contributed by atoms with van der Waals surface area (Å²) in [6.45, 7) is 5.20. The summed E-state index contributed by atoms with van der Waals surface area (Å²) >= 11 is 12.4. The molecule has 3 aromatic rings. The highest BCUT2D eigenvalue weighted by atomic mass is 35.5. The molecule has 0 aliphatic heterocycles. The highest BCUT2D eigenvalue weighted by molar-refractivity contribution is 6.39. The average Bonchev–Trinajstić information content (AvgIpc) is 3.10. The number of halogens is 2. The lowest BCUT2D eigenvalue weighted by molar-refractivity contribution is 0.192. The number of carbonyl (C=O) groups excluding carboxylic acids is 1. The predicted molar refractivity (Wildman–Crippen MR) is 116 cm³/mol. The molecule has 2 aromatic carbocycles. The van der Waals surface area contributed by atoms with Crippen LogP contribution in [0.1, 0.15) is 25.1 Å². The summed E-state index contributed by atoms with van der Waals surface area (Å²) in [5.41, 5.74) is 2.70. The number of hydrogen-bond donors (Lipinski definition) is 1. The van der Waals surface area contributed by atoms with Gasteiger partial charge in [0, 0.05) is 24.5 Å².